The predicted octanol–water partition coefficient (Wildman–Crippen LogP) is 4.82. The number of hydrogen-bond acceptors (Lipinski definition) is 5. The Morgan fingerprint density at radius 2 is 1.61 bits per heavy atom. The lowest BCUT2D eigenvalue weighted by atomic mass is 9.53. The molecule has 28 heavy (non-hydrogen) atoms. The lowest BCUT2D eigenvalue weighted by molar-refractivity contribution is -0.402. The van der Waals surface area contributed by atoms with E-state index in [9.17, 15) is 14.9 Å². The molecule has 1 heterocycles. The van der Waals surface area contributed by atoms with Gasteiger partial charge in [0.05, 0.1) is 17.4 Å². The van der Waals surface area contributed by atoms with Crippen molar-refractivity contribution >= 4 is 23.2 Å². The quantitative estimate of drug-likeness (QED) is 0.571. The van der Waals surface area contributed by atoms with Crippen molar-refractivity contribution in [3.05, 3.63) is 52.3 Å². The maximum atomic E-state index is 12.5. The molecule has 0 unspecified atom stereocenters. The summed E-state index contributed by atoms with van der Waals surface area (Å²) in [5.74, 6) is 1.46. The van der Waals surface area contributed by atoms with Crippen molar-refractivity contribution in [2.24, 2.45) is 17.8 Å². The van der Waals surface area contributed by atoms with Gasteiger partial charge in [0.2, 0.25) is 0 Å². The Morgan fingerprint density at radius 1 is 1.00 bits per heavy atom. The number of furan rings is 1. The highest BCUT2D eigenvalue weighted by atomic mass is 16.6. The number of para-hydroxylation sites is 2. The van der Waals surface area contributed by atoms with E-state index in [4.69, 9.17) is 4.42 Å². The van der Waals surface area contributed by atoms with Gasteiger partial charge in [-0.3, -0.25) is 14.9 Å². The molecule has 4 aliphatic carbocycles. The summed E-state index contributed by atoms with van der Waals surface area (Å²) in [5.41, 5.74) is 1.69. The second kappa shape index (κ2) is 6.36. The minimum atomic E-state index is -0.653. The Balaban J connectivity index is 1.36. The van der Waals surface area contributed by atoms with Crippen LogP contribution in [0, 0.1) is 27.9 Å². The van der Waals surface area contributed by atoms with Crippen LogP contribution >= 0.6 is 0 Å². The van der Waals surface area contributed by atoms with Gasteiger partial charge >= 0.3 is 5.88 Å². The molecule has 6 rings (SSSR count). The topological polar surface area (TPSA) is 97.4 Å². The lowest BCUT2D eigenvalue weighted by Crippen LogP contribution is -2.54. The number of carbonyl (C=O) groups excluding carboxylic acids is 1. The molecule has 2 aromatic rings. The van der Waals surface area contributed by atoms with Crippen LogP contribution in [-0.4, -0.2) is 16.4 Å². The van der Waals surface area contributed by atoms with E-state index in [2.05, 4.69) is 10.6 Å². The first-order valence-corrected chi connectivity index (χ1v) is 9.92. The van der Waals surface area contributed by atoms with Gasteiger partial charge in [-0.2, -0.15) is 0 Å². The summed E-state index contributed by atoms with van der Waals surface area (Å²) in [6, 6.07) is 10.2. The van der Waals surface area contributed by atoms with Crippen molar-refractivity contribution in [3.63, 3.8) is 0 Å². The molecule has 0 aliphatic heterocycles. The molecule has 1 amide bonds. The van der Waals surface area contributed by atoms with Gasteiger partial charge in [0, 0.05) is 5.54 Å². The zero-order chi connectivity index (χ0) is 19.3. The highest BCUT2D eigenvalue weighted by Gasteiger charge is 2.51. The smallest absolute Gasteiger partial charge is 0.395 e. The molecule has 0 atom stereocenters. The molecule has 4 saturated carbocycles. The third kappa shape index (κ3) is 3.04. The van der Waals surface area contributed by atoms with E-state index >= 15 is 0 Å². The molecule has 1 aromatic heterocycles. The molecule has 4 aliphatic rings. The summed E-state index contributed by atoms with van der Waals surface area (Å²) >= 11 is 0. The zero-order valence-corrected chi connectivity index (χ0v) is 15.5. The Hall–Kier alpha value is -2.83. The van der Waals surface area contributed by atoms with E-state index in [0.29, 0.717) is 5.69 Å². The van der Waals surface area contributed by atoms with Gasteiger partial charge in [-0.05, 0) is 74.5 Å². The first-order chi connectivity index (χ1) is 13.5. The summed E-state index contributed by atoms with van der Waals surface area (Å²) in [6.07, 6.45) is 7.72. The number of carbonyl (C=O) groups is 1. The van der Waals surface area contributed by atoms with Crippen LogP contribution in [0.15, 0.2) is 40.8 Å². The van der Waals surface area contributed by atoms with Crippen molar-refractivity contribution in [1.29, 1.82) is 0 Å². The normalized spacial score (nSPS) is 30.2. The van der Waals surface area contributed by atoms with Crippen LogP contribution in [0.5, 0.6) is 0 Å². The molecule has 146 valence electrons. The number of benzene rings is 1. The Labute approximate surface area is 162 Å². The maximum absolute atomic E-state index is 12.5. The van der Waals surface area contributed by atoms with Gasteiger partial charge in [-0.1, -0.05) is 12.1 Å². The summed E-state index contributed by atoms with van der Waals surface area (Å²) in [6.45, 7) is 0. The van der Waals surface area contributed by atoms with Gasteiger partial charge < -0.3 is 15.1 Å². The van der Waals surface area contributed by atoms with Gasteiger partial charge in [0.25, 0.3) is 5.91 Å². The third-order valence-electron chi connectivity index (χ3n) is 6.61. The van der Waals surface area contributed by atoms with Crippen molar-refractivity contribution in [2.75, 3.05) is 10.6 Å². The number of nitrogens with zero attached hydrogens (tertiary/aromatic N) is 1. The number of amides is 1. The molecule has 4 bridgehead atoms. The Kier molecular flexibility index (Phi) is 3.92. The highest BCUT2D eigenvalue weighted by molar-refractivity contribution is 6.04. The number of anilines is 2. The fourth-order valence-electron chi connectivity index (χ4n) is 5.98. The standard InChI is InChI=1S/C21H23N3O4/c25-20(18-5-6-19(28-18)24(26)27)22-16-3-1-2-4-17(16)23-21-10-13-7-14(11-21)9-15(8-13)12-21/h1-6,13-15,23H,7-12H2,(H,22,25). The van der Waals surface area contributed by atoms with E-state index in [1.165, 1.54) is 50.7 Å². The van der Waals surface area contributed by atoms with Crippen LogP contribution in [0.2, 0.25) is 0 Å². The fraction of sp³-hybridized carbons (Fsp3) is 0.476. The maximum Gasteiger partial charge on any atom is 0.433 e. The first-order valence-electron chi connectivity index (χ1n) is 9.92. The van der Waals surface area contributed by atoms with Crippen molar-refractivity contribution in [2.45, 2.75) is 44.1 Å². The van der Waals surface area contributed by atoms with Crippen LogP contribution in [0.25, 0.3) is 0 Å². The first kappa shape index (κ1) is 17.3. The van der Waals surface area contributed by atoms with E-state index in [-0.39, 0.29) is 11.3 Å². The number of nitro groups is 1. The van der Waals surface area contributed by atoms with Crippen LogP contribution in [0.3, 0.4) is 0 Å². The molecule has 7 heteroatoms. The summed E-state index contributed by atoms with van der Waals surface area (Å²) in [5, 5.41) is 17.4. The second-order valence-corrected chi connectivity index (χ2v) is 8.72. The highest BCUT2D eigenvalue weighted by Crippen LogP contribution is 2.56. The second-order valence-electron chi connectivity index (χ2n) is 8.72. The molecule has 0 spiro atoms. The summed E-state index contributed by atoms with van der Waals surface area (Å²) in [7, 11) is 0. The van der Waals surface area contributed by atoms with Crippen molar-refractivity contribution < 1.29 is 14.1 Å². The zero-order valence-electron chi connectivity index (χ0n) is 15.5. The molecule has 0 saturated heterocycles. The van der Waals surface area contributed by atoms with Crippen molar-refractivity contribution in [3.8, 4) is 0 Å². The van der Waals surface area contributed by atoms with Crippen molar-refractivity contribution in [1.82, 2.24) is 0 Å². The van der Waals surface area contributed by atoms with Gasteiger partial charge in [0.1, 0.15) is 4.92 Å². The third-order valence-corrected chi connectivity index (χ3v) is 6.61. The van der Waals surface area contributed by atoms with E-state index in [1.54, 1.807) is 0 Å². The molecule has 7 nitrogen and oxygen atoms in total. The number of rotatable bonds is 5. The fourth-order valence-corrected chi connectivity index (χ4v) is 5.98. The predicted molar refractivity (Wildman–Crippen MR) is 104 cm³/mol. The van der Waals surface area contributed by atoms with Crippen LogP contribution in [0.1, 0.15) is 49.1 Å². The van der Waals surface area contributed by atoms with Crippen LogP contribution in [-0.2, 0) is 0 Å². The molecule has 4 fully saturated rings. The Morgan fingerprint density at radius 3 is 2.18 bits per heavy atom. The molecule has 2 N–H and O–H groups in total. The Bertz CT molecular complexity index is 900. The van der Waals surface area contributed by atoms with E-state index in [0.717, 1.165) is 23.4 Å². The van der Waals surface area contributed by atoms with E-state index < -0.39 is 16.7 Å². The average molecular weight is 381 g/mol. The molecular formula is C21H23N3O4. The number of hydrogen-bond donors (Lipinski definition) is 2. The van der Waals surface area contributed by atoms with E-state index in [1.807, 2.05) is 24.3 Å². The summed E-state index contributed by atoms with van der Waals surface area (Å²) < 4.78 is 5.02. The molecular weight excluding hydrogens is 358 g/mol. The van der Waals surface area contributed by atoms with Gasteiger partial charge in [0.15, 0.2) is 5.76 Å². The summed E-state index contributed by atoms with van der Waals surface area (Å²) in [4.78, 5) is 22.6. The van der Waals surface area contributed by atoms with Crippen LogP contribution in [0.4, 0.5) is 17.3 Å². The molecule has 0 radical (unpaired) electrons. The minimum absolute atomic E-state index is 0.0729. The van der Waals surface area contributed by atoms with Gasteiger partial charge in [-0.15, -0.1) is 0 Å². The average Bonchev–Trinajstić information content (AvgIpc) is 3.12. The minimum Gasteiger partial charge on any atom is -0.395 e. The number of nitrogens with one attached hydrogen (secondary N) is 2. The molecule has 1 aromatic carbocycles. The van der Waals surface area contributed by atoms with Gasteiger partial charge in [-0.25, -0.2) is 0 Å². The largest absolute Gasteiger partial charge is 0.433 e. The monoisotopic (exact) mass is 381 g/mol. The van der Waals surface area contributed by atoms with Crippen LogP contribution < -0.4 is 10.6 Å². The lowest BCUT2D eigenvalue weighted by Gasteiger charge is -2.57. The SMILES string of the molecule is O=C(Nc1ccccc1NC12CC3CC(CC(C3)C1)C2)c1ccc([N+](=O)[O-])o1.